The molecule has 0 rings (SSSR count). The summed E-state index contributed by atoms with van der Waals surface area (Å²) in [7, 11) is 0. The molecule has 0 aromatic carbocycles. The molecule has 0 fully saturated rings. The van der Waals surface area contributed by atoms with Crippen LogP contribution in [0.5, 0.6) is 0 Å². The molecule has 1 unspecified atom stereocenters. The van der Waals surface area contributed by atoms with E-state index >= 15 is 0 Å². The number of carboxylic acids is 2. The molecule has 2 N–H and O–H groups in total. The Morgan fingerprint density at radius 1 is 1.25 bits per heavy atom. The van der Waals surface area contributed by atoms with Crippen LogP contribution in [0.4, 0.5) is 0 Å². The number of hydrogen-bond acceptors (Lipinski definition) is 2. The van der Waals surface area contributed by atoms with Gasteiger partial charge in [0.1, 0.15) is 5.88 Å². The molecule has 6 heteroatoms. The number of carboxylic acid groups (broad SMARTS) is 2. The predicted molar refractivity (Wildman–Crippen MR) is 59.3 cm³/mol. The third-order valence-corrected chi connectivity index (χ3v) is 2.09. The average molecular weight is 297 g/mol. The SMILES string of the molecule is CCCCC(CC)C(=O)O.O=C(O)CCl.[Ni]. The summed E-state index contributed by atoms with van der Waals surface area (Å²) in [6.45, 7) is 4.00. The van der Waals surface area contributed by atoms with Crippen LogP contribution in [0.3, 0.4) is 0 Å². The molecule has 0 radical (unpaired) electrons. The van der Waals surface area contributed by atoms with Crippen molar-refractivity contribution >= 4 is 23.5 Å². The fraction of sp³-hybridized carbons (Fsp3) is 0.800. The number of carbonyl (C=O) groups is 2. The summed E-state index contributed by atoms with van der Waals surface area (Å²) in [5.41, 5.74) is 0. The molecule has 16 heavy (non-hydrogen) atoms. The van der Waals surface area contributed by atoms with Crippen molar-refractivity contribution in [2.24, 2.45) is 5.92 Å². The molecule has 0 aliphatic heterocycles. The van der Waals surface area contributed by atoms with E-state index in [0.29, 0.717) is 0 Å². The van der Waals surface area contributed by atoms with Crippen LogP contribution in [0.1, 0.15) is 39.5 Å². The number of hydrogen-bond donors (Lipinski definition) is 2. The topological polar surface area (TPSA) is 74.6 Å². The summed E-state index contributed by atoms with van der Waals surface area (Å²) in [5.74, 6) is -2.04. The summed E-state index contributed by atoms with van der Waals surface area (Å²) >= 11 is 4.74. The predicted octanol–water partition coefficient (Wildman–Crippen LogP) is 2.59. The Balaban J connectivity index is -0.000000242. The van der Waals surface area contributed by atoms with E-state index in [2.05, 4.69) is 6.92 Å². The standard InChI is InChI=1S/C8H16O2.C2H3ClO2.Ni/c1-3-5-6-7(4-2)8(9)10;3-1-2(4)5;/h7H,3-6H2,1-2H3,(H,9,10);1H2,(H,4,5);. The van der Waals surface area contributed by atoms with E-state index in [0.717, 1.165) is 25.7 Å². The van der Waals surface area contributed by atoms with E-state index in [1.165, 1.54) is 0 Å². The molecule has 0 bridgehead atoms. The molecular formula is C10H19ClNiO4. The van der Waals surface area contributed by atoms with Gasteiger partial charge in [-0.05, 0) is 12.8 Å². The molecule has 0 saturated carbocycles. The van der Waals surface area contributed by atoms with E-state index in [-0.39, 0.29) is 28.3 Å². The molecule has 0 amide bonds. The van der Waals surface area contributed by atoms with Crippen LogP contribution in [-0.2, 0) is 26.1 Å². The molecule has 100 valence electrons. The Morgan fingerprint density at radius 2 is 1.69 bits per heavy atom. The van der Waals surface area contributed by atoms with Gasteiger partial charge in [-0.15, -0.1) is 11.6 Å². The van der Waals surface area contributed by atoms with Crippen LogP contribution in [0, 0.1) is 5.92 Å². The first-order valence-corrected chi connectivity index (χ1v) is 5.53. The molecule has 4 nitrogen and oxygen atoms in total. The quantitative estimate of drug-likeness (QED) is 0.584. The Hall–Kier alpha value is -0.276. The van der Waals surface area contributed by atoms with Crippen molar-refractivity contribution in [3.05, 3.63) is 0 Å². The van der Waals surface area contributed by atoms with Gasteiger partial charge in [-0.1, -0.05) is 26.7 Å². The Labute approximate surface area is 111 Å². The smallest absolute Gasteiger partial charge is 0.318 e. The molecule has 1 atom stereocenters. The second-order valence-electron chi connectivity index (χ2n) is 3.11. The minimum absolute atomic E-state index is 0. The third kappa shape index (κ3) is 16.2. The first-order valence-electron chi connectivity index (χ1n) is 5.00. The van der Waals surface area contributed by atoms with Gasteiger partial charge in [0, 0.05) is 16.5 Å². The molecular weight excluding hydrogens is 278 g/mol. The summed E-state index contributed by atoms with van der Waals surface area (Å²) < 4.78 is 0. The van der Waals surface area contributed by atoms with Crippen LogP contribution >= 0.6 is 11.6 Å². The molecule has 0 saturated heterocycles. The van der Waals surface area contributed by atoms with Crippen molar-refractivity contribution in [3.8, 4) is 0 Å². The van der Waals surface area contributed by atoms with Crippen LogP contribution in [0.25, 0.3) is 0 Å². The molecule has 0 aromatic heterocycles. The van der Waals surface area contributed by atoms with Crippen LogP contribution in [0.2, 0.25) is 0 Å². The van der Waals surface area contributed by atoms with Gasteiger partial charge in [-0.25, -0.2) is 0 Å². The van der Waals surface area contributed by atoms with E-state index in [1.54, 1.807) is 0 Å². The zero-order chi connectivity index (χ0) is 12.3. The normalized spacial score (nSPS) is 10.4. The van der Waals surface area contributed by atoms with E-state index in [1.807, 2.05) is 6.92 Å². The second-order valence-corrected chi connectivity index (χ2v) is 3.38. The van der Waals surface area contributed by atoms with Crippen molar-refractivity contribution in [2.45, 2.75) is 39.5 Å². The van der Waals surface area contributed by atoms with E-state index in [9.17, 15) is 9.59 Å². The Morgan fingerprint density at radius 3 is 1.88 bits per heavy atom. The monoisotopic (exact) mass is 296 g/mol. The van der Waals surface area contributed by atoms with Gasteiger partial charge >= 0.3 is 11.9 Å². The van der Waals surface area contributed by atoms with Crippen molar-refractivity contribution in [1.82, 2.24) is 0 Å². The van der Waals surface area contributed by atoms with Crippen LogP contribution in [0.15, 0.2) is 0 Å². The maximum Gasteiger partial charge on any atom is 0.318 e. The summed E-state index contributed by atoms with van der Waals surface area (Å²) in [6.07, 6.45) is 3.71. The van der Waals surface area contributed by atoms with Crippen molar-refractivity contribution in [2.75, 3.05) is 5.88 Å². The zero-order valence-electron chi connectivity index (χ0n) is 9.52. The number of rotatable bonds is 6. The molecule has 0 aliphatic rings. The first-order chi connectivity index (χ1) is 6.99. The average Bonchev–Trinajstić information content (AvgIpc) is 2.19. The second kappa shape index (κ2) is 14.7. The van der Waals surface area contributed by atoms with Gasteiger partial charge in [0.25, 0.3) is 0 Å². The van der Waals surface area contributed by atoms with Gasteiger partial charge in [0.2, 0.25) is 0 Å². The summed E-state index contributed by atoms with van der Waals surface area (Å²) in [4.78, 5) is 19.7. The maximum absolute atomic E-state index is 10.4. The van der Waals surface area contributed by atoms with Gasteiger partial charge in [-0.3, -0.25) is 9.59 Å². The number of alkyl halides is 1. The minimum atomic E-state index is -0.980. The van der Waals surface area contributed by atoms with Crippen molar-refractivity contribution < 1.29 is 36.3 Å². The number of unbranched alkanes of at least 4 members (excludes halogenated alkanes) is 1. The Bertz CT molecular complexity index is 188. The van der Waals surface area contributed by atoms with Gasteiger partial charge in [0.05, 0.1) is 5.92 Å². The van der Waals surface area contributed by atoms with Crippen molar-refractivity contribution in [3.63, 3.8) is 0 Å². The summed E-state index contributed by atoms with van der Waals surface area (Å²) in [6, 6.07) is 0. The first kappa shape index (κ1) is 21.1. The number of aliphatic carboxylic acids is 2. The molecule has 0 spiro atoms. The van der Waals surface area contributed by atoms with E-state index < -0.39 is 11.9 Å². The van der Waals surface area contributed by atoms with Gasteiger partial charge in [0.15, 0.2) is 0 Å². The largest absolute Gasteiger partial charge is 0.481 e. The van der Waals surface area contributed by atoms with Crippen LogP contribution in [-0.4, -0.2) is 28.0 Å². The molecule has 0 aromatic rings. The molecule has 0 heterocycles. The minimum Gasteiger partial charge on any atom is -0.481 e. The van der Waals surface area contributed by atoms with E-state index in [4.69, 9.17) is 21.8 Å². The van der Waals surface area contributed by atoms with Crippen LogP contribution < -0.4 is 0 Å². The van der Waals surface area contributed by atoms with Gasteiger partial charge in [-0.2, -0.15) is 0 Å². The van der Waals surface area contributed by atoms with Crippen molar-refractivity contribution in [1.29, 1.82) is 0 Å². The maximum atomic E-state index is 10.4. The fourth-order valence-electron chi connectivity index (χ4n) is 0.953. The summed E-state index contributed by atoms with van der Waals surface area (Å²) in [5, 5.41) is 16.2. The fourth-order valence-corrected chi connectivity index (χ4v) is 0.953. The third-order valence-electron chi connectivity index (χ3n) is 1.86. The number of halogens is 1. The zero-order valence-corrected chi connectivity index (χ0v) is 11.3. The van der Waals surface area contributed by atoms with Gasteiger partial charge < -0.3 is 10.2 Å². The molecule has 0 aliphatic carbocycles. The Kier molecular flexibility index (Phi) is 19.4.